The Morgan fingerprint density at radius 2 is 2.31 bits per heavy atom. The van der Waals surface area contributed by atoms with Gasteiger partial charge in [-0.05, 0) is 35.8 Å². The summed E-state index contributed by atoms with van der Waals surface area (Å²) in [7, 11) is 0. The minimum atomic E-state index is -0.514. The smallest absolute Gasteiger partial charge is 0.0612 e. The maximum absolute atomic E-state index is 9.02. The van der Waals surface area contributed by atoms with Gasteiger partial charge in [0.05, 0.1) is 6.61 Å². The lowest BCUT2D eigenvalue weighted by Gasteiger charge is -2.20. The molecule has 13 heavy (non-hydrogen) atoms. The Labute approximate surface area is 90.9 Å². The van der Waals surface area contributed by atoms with Crippen LogP contribution in [-0.2, 0) is 6.42 Å². The molecule has 0 spiro atoms. The summed E-state index contributed by atoms with van der Waals surface area (Å²) in [6.07, 6.45) is 0.711. The zero-order valence-electron chi connectivity index (χ0n) is 7.80. The normalized spacial score (nSPS) is 15.8. The highest BCUT2D eigenvalue weighted by molar-refractivity contribution is 9.10. The molecular weight excluding hydrogens is 250 g/mol. The molecular formula is C9H14BrNOS. The molecule has 0 aliphatic carbocycles. The van der Waals surface area contributed by atoms with Gasteiger partial charge in [-0.25, -0.2) is 0 Å². The van der Waals surface area contributed by atoms with E-state index in [1.807, 2.05) is 6.92 Å². The molecule has 1 atom stereocenters. The molecule has 2 nitrogen and oxygen atoms in total. The minimum absolute atomic E-state index is 0.0103. The molecule has 1 rings (SSSR count). The summed E-state index contributed by atoms with van der Waals surface area (Å²) in [6, 6.07) is 2.08. The van der Waals surface area contributed by atoms with Crippen LogP contribution in [-0.4, -0.2) is 17.3 Å². The lowest BCUT2D eigenvalue weighted by atomic mass is 10.00. The van der Waals surface area contributed by atoms with Crippen LogP contribution >= 0.6 is 27.3 Å². The highest BCUT2D eigenvalue weighted by Gasteiger charge is 2.20. The fourth-order valence-corrected chi connectivity index (χ4v) is 3.08. The first kappa shape index (κ1) is 11.2. The van der Waals surface area contributed by atoms with Crippen molar-refractivity contribution in [1.82, 2.24) is 0 Å². The minimum Gasteiger partial charge on any atom is -0.394 e. The van der Waals surface area contributed by atoms with Gasteiger partial charge in [-0.2, -0.15) is 0 Å². The number of hydrogen-bond donors (Lipinski definition) is 2. The first-order valence-electron chi connectivity index (χ1n) is 4.09. The number of aliphatic hydroxyl groups excluding tert-OH is 1. The molecule has 74 valence electrons. The van der Waals surface area contributed by atoms with Crippen molar-refractivity contribution in [2.45, 2.75) is 25.8 Å². The molecule has 1 unspecified atom stereocenters. The zero-order valence-corrected chi connectivity index (χ0v) is 10.2. The van der Waals surface area contributed by atoms with E-state index in [4.69, 9.17) is 10.8 Å². The van der Waals surface area contributed by atoms with Crippen LogP contribution < -0.4 is 5.73 Å². The molecule has 0 aromatic carbocycles. The van der Waals surface area contributed by atoms with Crippen molar-refractivity contribution in [3.8, 4) is 0 Å². The Morgan fingerprint density at radius 1 is 1.69 bits per heavy atom. The molecule has 0 saturated heterocycles. The van der Waals surface area contributed by atoms with Gasteiger partial charge in [-0.1, -0.05) is 0 Å². The first-order valence-corrected chi connectivity index (χ1v) is 5.70. The van der Waals surface area contributed by atoms with Gasteiger partial charge in [-0.15, -0.1) is 11.3 Å². The molecule has 0 fully saturated rings. The van der Waals surface area contributed by atoms with Gasteiger partial charge < -0.3 is 10.8 Å². The highest BCUT2D eigenvalue weighted by Crippen LogP contribution is 2.29. The van der Waals surface area contributed by atoms with Crippen molar-refractivity contribution >= 4 is 27.3 Å². The Bertz CT molecular complexity index is 296. The molecule has 3 N–H and O–H groups in total. The van der Waals surface area contributed by atoms with Crippen molar-refractivity contribution in [2.24, 2.45) is 5.73 Å². The van der Waals surface area contributed by atoms with E-state index in [1.54, 1.807) is 11.3 Å². The number of aryl methyl sites for hydroxylation is 1. The Morgan fingerprint density at radius 3 is 2.69 bits per heavy atom. The maximum atomic E-state index is 9.02. The second-order valence-corrected chi connectivity index (χ2v) is 5.81. The largest absolute Gasteiger partial charge is 0.394 e. The molecule has 0 aliphatic rings. The Hall–Kier alpha value is 0.1000. The summed E-state index contributed by atoms with van der Waals surface area (Å²) in [5, 5.41) is 9.02. The quantitative estimate of drug-likeness (QED) is 0.878. The predicted molar refractivity (Wildman–Crippen MR) is 60.1 cm³/mol. The van der Waals surface area contributed by atoms with E-state index in [-0.39, 0.29) is 6.61 Å². The number of rotatable bonds is 3. The monoisotopic (exact) mass is 263 g/mol. The van der Waals surface area contributed by atoms with Crippen LogP contribution in [0, 0.1) is 6.92 Å². The SMILES string of the molecule is Cc1cc(Br)c(CC(C)(N)CO)s1. The molecule has 1 aromatic heterocycles. The van der Waals surface area contributed by atoms with Gasteiger partial charge in [0, 0.05) is 26.2 Å². The molecule has 0 aliphatic heterocycles. The van der Waals surface area contributed by atoms with E-state index in [2.05, 4.69) is 28.9 Å². The topological polar surface area (TPSA) is 46.2 Å². The van der Waals surface area contributed by atoms with Crippen molar-refractivity contribution in [1.29, 1.82) is 0 Å². The van der Waals surface area contributed by atoms with Crippen molar-refractivity contribution < 1.29 is 5.11 Å². The molecule has 1 aromatic rings. The van der Waals surface area contributed by atoms with E-state index < -0.39 is 5.54 Å². The van der Waals surface area contributed by atoms with Crippen molar-refractivity contribution in [2.75, 3.05) is 6.61 Å². The summed E-state index contributed by atoms with van der Waals surface area (Å²) in [5.41, 5.74) is 5.35. The standard InChI is InChI=1S/C9H14BrNOS/c1-6-3-7(10)8(13-6)4-9(2,11)5-12/h3,12H,4-5,11H2,1-2H3. The molecule has 1 heterocycles. The fourth-order valence-electron chi connectivity index (χ4n) is 1.07. The van der Waals surface area contributed by atoms with E-state index in [1.165, 1.54) is 9.75 Å². The summed E-state index contributed by atoms with van der Waals surface area (Å²) < 4.78 is 1.10. The van der Waals surface area contributed by atoms with Crippen LogP contribution in [0.1, 0.15) is 16.7 Å². The number of nitrogens with two attached hydrogens (primary N) is 1. The Kier molecular flexibility index (Phi) is 3.51. The lowest BCUT2D eigenvalue weighted by molar-refractivity contribution is 0.208. The fraction of sp³-hybridized carbons (Fsp3) is 0.556. The second-order valence-electron chi connectivity index (χ2n) is 3.62. The molecule has 0 radical (unpaired) electrons. The first-order chi connectivity index (χ1) is 5.94. The van der Waals surface area contributed by atoms with Crippen LogP contribution in [0.5, 0.6) is 0 Å². The van der Waals surface area contributed by atoms with Gasteiger partial charge in [0.25, 0.3) is 0 Å². The molecule has 0 bridgehead atoms. The van der Waals surface area contributed by atoms with Gasteiger partial charge in [0.2, 0.25) is 0 Å². The van der Waals surface area contributed by atoms with E-state index >= 15 is 0 Å². The third-order valence-electron chi connectivity index (χ3n) is 1.81. The van der Waals surface area contributed by atoms with Gasteiger partial charge >= 0.3 is 0 Å². The predicted octanol–water partition coefficient (Wildman–Crippen LogP) is 2.07. The zero-order chi connectivity index (χ0) is 10.1. The third kappa shape index (κ3) is 3.06. The molecule has 4 heteroatoms. The average molecular weight is 264 g/mol. The number of aliphatic hydroxyl groups is 1. The lowest BCUT2D eigenvalue weighted by Crippen LogP contribution is -2.42. The summed E-state index contributed by atoms with van der Waals surface area (Å²) in [6.45, 7) is 3.93. The number of thiophene rings is 1. The van der Waals surface area contributed by atoms with Crippen LogP contribution in [0.4, 0.5) is 0 Å². The van der Waals surface area contributed by atoms with Crippen molar-refractivity contribution in [3.05, 3.63) is 20.3 Å². The summed E-state index contributed by atoms with van der Waals surface area (Å²) in [5.74, 6) is 0. The van der Waals surface area contributed by atoms with Crippen LogP contribution in [0.3, 0.4) is 0 Å². The maximum Gasteiger partial charge on any atom is 0.0612 e. The number of halogens is 1. The van der Waals surface area contributed by atoms with E-state index in [9.17, 15) is 0 Å². The summed E-state index contributed by atoms with van der Waals surface area (Å²) >= 11 is 5.19. The van der Waals surface area contributed by atoms with Crippen LogP contribution in [0.2, 0.25) is 0 Å². The highest BCUT2D eigenvalue weighted by atomic mass is 79.9. The second kappa shape index (κ2) is 4.09. The third-order valence-corrected chi connectivity index (χ3v) is 3.83. The molecule has 0 saturated carbocycles. The molecule has 0 amide bonds. The average Bonchev–Trinajstić information content (AvgIpc) is 2.30. The Balaban J connectivity index is 2.79. The van der Waals surface area contributed by atoms with Gasteiger partial charge in [-0.3, -0.25) is 0 Å². The van der Waals surface area contributed by atoms with Crippen LogP contribution in [0.15, 0.2) is 10.5 Å². The number of hydrogen-bond acceptors (Lipinski definition) is 3. The van der Waals surface area contributed by atoms with E-state index in [0.29, 0.717) is 6.42 Å². The van der Waals surface area contributed by atoms with Crippen LogP contribution in [0.25, 0.3) is 0 Å². The van der Waals surface area contributed by atoms with Gasteiger partial charge in [0.1, 0.15) is 0 Å². The van der Waals surface area contributed by atoms with Gasteiger partial charge in [0.15, 0.2) is 0 Å². The van der Waals surface area contributed by atoms with Crippen molar-refractivity contribution in [3.63, 3.8) is 0 Å². The summed E-state index contributed by atoms with van der Waals surface area (Å²) in [4.78, 5) is 2.46. The van der Waals surface area contributed by atoms with E-state index in [0.717, 1.165) is 4.47 Å².